The molecule has 2 aromatic carbocycles. The Morgan fingerprint density at radius 2 is 2.00 bits per heavy atom. The van der Waals surface area contributed by atoms with Crippen LogP contribution >= 0.6 is 12.2 Å². The van der Waals surface area contributed by atoms with E-state index in [0.717, 1.165) is 22.3 Å². The molecule has 1 N–H and O–H groups in total. The molecule has 102 valence electrons. The van der Waals surface area contributed by atoms with Crippen LogP contribution in [0.15, 0.2) is 42.5 Å². The Labute approximate surface area is 122 Å². The average molecular weight is 284 g/mol. The second-order valence-corrected chi connectivity index (χ2v) is 5.23. The lowest BCUT2D eigenvalue weighted by atomic mass is 10.2. The zero-order valence-corrected chi connectivity index (χ0v) is 12.3. The molecule has 3 nitrogen and oxygen atoms in total. The predicted octanol–water partition coefficient (Wildman–Crippen LogP) is 4.14. The van der Waals surface area contributed by atoms with Crippen molar-refractivity contribution in [3.8, 4) is 5.69 Å². The number of aryl methyl sites for hydroxylation is 1. The van der Waals surface area contributed by atoms with Gasteiger partial charge in [0.1, 0.15) is 0 Å². The van der Waals surface area contributed by atoms with E-state index in [1.54, 1.807) is 7.11 Å². The summed E-state index contributed by atoms with van der Waals surface area (Å²) in [6.07, 6.45) is 0. The van der Waals surface area contributed by atoms with Crippen LogP contribution in [0.1, 0.15) is 11.1 Å². The van der Waals surface area contributed by atoms with Crippen molar-refractivity contribution >= 4 is 23.3 Å². The first kappa shape index (κ1) is 13.1. The van der Waals surface area contributed by atoms with E-state index in [2.05, 4.69) is 40.7 Å². The fourth-order valence-corrected chi connectivity index (χ4v) is 2.83. The van der Waals surface area contributed by atoms with Crippen molar-refractivity contribution in [2.24, 2.45) is 0 Å². The molecule has 4 heteroatoms. The molecule has 3 aromatic rings. The van der Waals surface area contributed by atoms with Crippen molar-refractivity contribution in [2.75, 3.05) is 7.11 Å². The Morgan fingerprint density at radius 3 is 2.80 bits per heavy atom. The second-order valence-electron chi connectivity index (χ2n) is 4.84. The summed E-state index contributed by atoms with van der Waals surface area (Å²) in [5, 5.41) is 0. The molecule has 0 aliphatic heterocycles. The molecule has 0 unspecified atom stereocenters. The third-order valence-electron chi connectivity index (χ3n) is 3.39. The molecule has 20 heavy (non-hydrogen) atoms. The molecule has 0 aliphatic carbocycles. The first-order chi connectivity index (χ1) is 9.70. The standard InChI is InChI=1S/C16H16N2OS/c1-11-5-3-8-14-15(11)18(16(20)17-14)13-7-4-6-12(9-13)10-19-2/h3-9H,10H2,1-2H3,(H,17,20). The third-order valence-corrected chi connectivity index (χ3v) is 3.67. The van der Waals surface area contributed by atoms with Crippen LogP contribution in [0.25, 0.3) is 16.7 Å². The summed E-state index contributed by atoms with van der Waals surface area (Å²) >= 11 is 5.48. The van der Waals surface area contributed by atoms with Gasteiger partial charge in [0.05, 0.1) is 17.6 Å². The number of aromatic nitrogens is 2. The summed E-state index contributed by atoms with van der Waals surface area (Å²) in [5.41, 5.74) is 5.59. The number of nitrogens with zero attached hydrogens (tertiary/aromatic N) is 1. The Kier molecular flexibility index (Phi) is 3.42. The molecule has 0 aliphatic rings. The number of rotatable bonds is 3. The minimum atomic E-state index is 0.600. The molecule has 1 heterocycles. The van der Waals surface area contributed by atoms with Gasteiger partial charge in [-0.1, -0.05) is 24.3 Å². The summed E-state index contributed by atoms with van der Waals surface area (Å²) in [5.74, 6) is 0. The highest BCUT2D eigenvalue weighted by atomic mass is 32.1. The largest absolute Gasteiger partial charge is 0.380 e. The number of aromatic amines is 1. The van der Waals surface area contributed by atoms with Crippen LogP contribution in [0.4, 0.5) is 0 Å². The Bertz CT molecular complexity index is 817. The number of hydrogen-bond acceptors (Lipinski definition) is 2. The zero-order chi connectivity index (χ0) is 14.1. The molecule has 0 saturated carbocycles. The average Bonchev–Trinajstić information content (AvgIpc) is 2.77. The van der Waals surface area contributed by atoms with Gasteiger partial charge in [-0.15, -0.1) is 0 Å². The Hall–Kier alpha value is -1.91. The van der Waals surface area contributed by atoms with E-state index in [1.165, 1.54) is 5.56 Å². The highest BCUT2D eigenvalue weighted by Gasteiger charge is 2.09. The smallest absolute Gasteiger partial charge is 0.182 e. The van der Waals surface area contributed by atoms with E-state index < -0.39 is 0 Å². The lowest BCUT2D eigenvalue weighted by Gasteiger charge is -2.08. The SMILES string of the molecule is COCc1cccc(-n2c(=S)[nH]c3cccc(C)c32)c1. The molecule has 0 radical (unpaired) electrons. The third kappa shape index (κ3) is 2.17. The van der Waals surface area contributed by atoms with Crippen molar-refractivity contribution < 1.29 is 4.74 Å². The van der Waals surface area contributed by atoms with Crippen LogP contribution in [-0.2, 0) is 11.3 Å². The number of ether oxygens (including phenoxy) is 1. The van der Waals surface area contributed by atoms with Crippen molar-refractivity contribution in [2.45, 2.75) is 13.5 Å². The van der Waals surface area contributed by atoms with Crippen LogP contribution in [0.3, 0.4) is 0 Å². The number of fused-ring (bicyclic) bond motifs is 1. The van der Waals surface area contributed by atoms with E-state index in [9.17, 15) is 0 Å². The first-order valence-corrected chi connectivity index (χ1v) is 6.90. The van der Waals surface area contributed by atoms with E-state index >= 15 is 0 Å². The summed E-state index contributed by atoms with van der Waals surface area (Å²) in [6, 6.07) is 14.4. The van der Waals surface area contributed by atoms with Gasteiger partial charge in [-0.25, -0.2) is 0 Å². The molecule has 0 amide bonds. The Morgan fingerprint density at radius 1 is 1.20 bits per heavy atom. The van der Waals surface area contributed by atoms with Crippen LogP contribution in [0.5, 0.6) is 0 Å². The number of methoxy groups -OCH3 is 1. The lowest BCUT2D eigenvalue weighted by molar-refractivity contribution is 0.185. The van der Waals surface area contributed by atoms with E-state index in [-0.39, 0.29) is 0 Å². The fourth-order valence-electron chi connectivity index (χ4n) is 2.53. The Balaban J connectivity index is 2.26. The van der Waals surface area contributed by atoms with Crippen LogP contribution < -0.4 is 0 Å². The van der Waals surface area contributed by atoms with Gasteiger partial charge in [0, 0.05) is 12.8 Å². The zero-order valence-electron chi connectivity index (χ0n) is 11.5. The van der Waals surface area contributed by atoms with Gasteiger partial charge in [0.25, 0.3) is 0 Å². The van der Waals surface area contributed by atoms with Crippen molar-refractivity contribution in [1.82, 2.24) is 9.55 Å². The number of hydrogen-bond donors (Lipinski definition) is 1. The molecular weight excluding hydrogens is 268 g/mol. The van der Waals surface area contributed by atoms with Crippen molar-refractivity contribution in [3.05, 3.63) is 58.4 Å². The highest BCUT2D eigenvalue weighted by molar-refractivity contribution is 7.71. The van der Waals surface area contributed by atoms with Gasteiger partial charge in [0.15, 0.2) is 4.77 Å². The highest BCUT2D eigenvalue weighted by Crippen LogP contribution is 2.23. The monoisotopic (exact) mass is 284 g/mol. The molecule has 3 rings (SSSR count). The number of para-hydroxylation sites is 1. The number of benzene rings is 2. The molecule has 0 fully saturated rings. The normalized spacial score (nSPS) is 11.1. The second kappa shape index (κ2) is 5.23. The topological polar surface area (TPSA) is 29.9 Å². The number of nitrogens with one attached hydrogen (secondary N) is 1. The maximum absolute atomic E-state index is 5.48. The number of imidazole rings is 1. The van der Waals surface area contributed by atoms with E-state index in [4.69, 9.17) is 17.0 Å². The summed E-state index contributed by atoms with van der Waals surface area (Å²) < 4.78 is 7.99. The van der Waals surface area contributed by atoms with Crippen molar-refractivity contribution in [3.63, 3.8) is 0 Å². The summed E-state index contributed by atoms with van der Waals surface area (Å²) in [4.78, 5) is 3.26. The van der Waals surface area contributed by atoms with Gasteiger partial charge in [0.2, 0.25) is 0 Å². The van der Waals surface area contributed by atoms with Crippen LogP contribution in [0.2, 0.25) is 0 Å². The number of H-pyrrole nitrogens is 1. The van der Waals surface area contributed by atoms with Gasteiger partial charge in [-0.3, -0.25) is 4.57 Å². The quantitative estimate of drug-likeness (QED) is 0.732. The van der Waals surface area contributed by atoms with E-state index in [0.29, 0.717) is 11.4 Å². The van der Waals surface area contributed by atoms with Crippen LogP contribution in [0, 0.1) is 11.7 Å². The maximum Gasteiger partial charge on any atom is 0.182 e. The van der Waals surface area contributed by atoms with Crippen LogP contribution in [-0.4, -0.2) is 16.7 Å². The summed E-state index contributed by atoms with van der Waals surface area (Å²) in [7, 11) is 1.70. The fraction of sp³-hybridized carbons (Fsp3) is 0.188. The molecule has 0 saturated heterocycles. The van der Waals surface area contributed by atoms with Crippen molar-refractivity contribution in [1.29, 1.82) is 0 Å². The van der Waals surface area contributed by atoms with Gasteiger partial charge in [-0.2, -0.15) is 0 Å². The lowest BCUT2D eigenvalue weighted by Crippen LogP contribution is -1.97. The minimum Gasteiger partial charge on any atom is -0.380 e. The van der Waals surface area contributed by atoms with E-state index in [1.807, 2.05) is 18.2 Å². The molecule has 0 spiro atoms. The molecule has 1 aromatic heterocycles. The van der Waals surface area contributed by atoms with Gasteiger partial charge in [-0.05, 0) is 48.5 Å². The molecular formula is C16H16N2OS. The maximum atomic E-state index is 5.48. The molecule has 0 atom stereocenters. The summed E-state index contributed by atoms with van der Waals surface area (Å²) in [6.45, 7) is 2.70. The molecule has 0 bridgehead atoms. The minimum absolute atomic E-state index is 0.600. The predicted molar refractivity (Wildman–Crippen MR) is 83.9 cm³/mol. The van der Waals surface area contributed by atoms with Gasteiger partial charge >= 0.3 is 0 Å². The van der Waals surface area contributed by atoms with Gasteiger partial charge < -0.3 is 9.72 Å². The first-order valence-electron chi connectivity index (χ1n) is 6.49.